The first-order chi connectivity index (χ1) is 9.53. The molecule has 1 aromatic rings. The summed E-state index contributed by atoms with van der Waals surface area (Å²) in [5, 5.41) is 19.8. The molecular weight excluding hydrogens is 280 g/mol. The molecule has 0 aromatic heterocycles. The summed E-state index contributed by atoms with van der Waals surface area (Å²) in [6.45, 7) is 5.07. The van der Waals surface area contributed by atoms with Crippen LogP contribution in [0.15, 0.2) is 18.2 Å². The maximum atomic E-state index is 11.9. The van der Waals surface area contributed by atoms with E-state index in [2.05, 4.69) is 0 Å². The number of ether oxygens (including phenoxy) is 1. The summed E-state index contributed by atoms with van der Waals surface area (Å²) >= 11 is 0. The van der Waals surface area contributed by atoms with Gasteiger partial charge in [-0.25, -0.2) is 9.59 Å². The third-order valence-corrected chi connectivity index (χ3v) is 2.46. The molecule has 114 valence electrons. The fraction of sp³-hybridized carbons (Fsp3) is 0.385. The zero-order valence-electron chi connectivity index (χ0n) is 12.1. The average Bonchev–Trinajstić information content (AvgIpc) is 2.34. The normalized spacial score (nSPS) is 10.9. The van der Waals surface area contributed by atoms with Crippen molar-refractivity contribution in [1.29, 1.82) is 0 Å². The minimum Gasteiger partial charge on any atom is -0.477 e. The lowest BCUT2D eigenvalue weighted by Crippen LogP contribution is -2.34. The molecule has 0 aliphatic rings. The average molecular weight is 296 g/mol. The summed E-state index contributed by atoms with van der Waals surface area (Å²) in [6, 6.07) is 3.41. The van der Waals surface area contributed by atoms with E-state index < -0.39 is 33.8 Å². The quantitative estimate of drug-likeness (QED) is 0.678. The predicted molar refractivity (Wildman–Crippen MR) is 74.7 cm³/mol. The number of anilines is 1. The molecule has 0 unspecified atom stereocenters. The molecule has 1 rings (SSSR count). The van der Waals surface area contributed by atoms with Crippen LogP contribution in [0.1, 0.15) is 31.1 Å². The molecule has 0 atom stereocenters. The largest absolute Gasteiger partial charge is 0.477 e. The monoisotopic (exact) mass is 296 g/mol. The fourth-order valence-electron chi connectivity index (χ4n) is 1.50. The maximum absolute atomic E-state index is 11.9. The van der Waals surface area contributed by atoms with Gasteiger partial charge in [-0.3, -0.25) is 15.0 Å². The second-order valence-corrected chi connectivity index (χ2v) is 5.30. The third-order valence-electron chi connectivity index (χ3n) is 2.46. The number of carbonyl (C=O) groups excluding carboxylic acids is 1. The number of amides is 1. The Morgan fingerprint density at radius 1 is 1.33 bits per heavy atom. The molecule has 21 heavy (non-hydrogen) atoms. The van der Waals surface area contributed by atoms with E-state index >= 15 is 0 Å². The van der Waals surface area contributed by atoms with Gasteiger partial charge >= 0.3 is 12.1 Å². The molecule has 0 radical (unpaired) electrons. The lowest BCUT2D eigenvalue weighted by molar-refractivity contribution is -0.385. The Hall–Kier alpha value is -2.64. The van der Waals surface area contributed by atoms with Crippen molar-refractivity contribution < 1.29 is 24.4 Å². The van der Waals surface area contributed by atoms with Gasteiger partial charge in [-0.15, -0.1) is 0 Å². The third kappa shape index (κ3) is 4.16. The molecule has 0 bridgehead atoms. The van der Waals surface area contributed by atoms with Crippen LogP contribution in [0.2, 0.25) is 0 Å². The second kappa shape index (κ2) is 5.78. The number of nitro groups is 1. The summed E-state index contributed by atoms with van der Waals surface area (Å²) in [5.74, 6) is -1.41. The van der Waals surface area contributed by atoms with Crippen molar-refractivity contribution in [2.45, 2.75) is 26.4 Å². The Bertz CT molecular complexity index is 591. The SMILES string of the molecule is CN(C(=O)OC(C)(C)C)c1ccc(C(=O)O)c([N+](=O)[O-])c1. The Morgan fingerprint density at radius 2 is 1.90 bits per heavy atom. The molecule has 0 aliphatic carbocycles. The number of carboxylic acid groups (broad SMARTS) is 1. The van der Waals surface area contributed by atoms with Crippen LogP contribution in [0.25, 0.3) is 0 Å². The number of rotatable bonds is 3. The minimum atomic E-state index is -1.41. The van der Waals surface area contributed by atoms with Gasteiger partial charge in [0.15, 0.2) is 0 Å². The molecule has 0 aliphatic heterocycles. The van der Waals surface area contributed by atoms with Crippen LogP contribution in [-0.4, -0.2) is 34.7 Å². The highest BCUT2D eigenvalue weighted by Gasteiger charge is 2.25. The van der Waals surface area contributed by atoms with Crippen LogP contribution in [0.3, 0.4) is 0 Å². The van der Waals surface area contributed by atoms with E-state index in [1.807, 2.05) is 0 Å². The lowest BCUT2D eigenvalue weighted by atomic mass is 10.1. The zero-order valence-corrected chi connectivity index (χ0v) is 12.1. The first-order valence-corrected chi connectivity index (χ1v) is 6.01. The van der Waals surface area contributed by atoms with Crippen LogP contribution in [-0.2, 0) is 4.74 Å². The molecule has 1 N–H and O–H groups in total. The van der Waals surface area contributed by atoms with Crippen LogP contribution < -0.4 is 4.90 Å². The van der Waals surface area contributed by atoms with Gasteiger partial charge in [-0.1, -0.05) is 0 Å². The molecule has 0 heterocycles. The maximum Gasteiger partial charge on any atom is 0.414 e. The minimum absolute atomic E-state index is 0.168. The van der Waals surface area contributed by atoms with E-state index in [1.54, 1.807) is 20.8 Å². The summed E-state index contributed by atoms with van der Waals surface area (Å²) in [5.41, 5.74) is -1.57. The van der Waals surface area contributed by atoms with E-state index in [4.69, 9.17) is 9.84 Å². The molecule has 0 saturated heterocycles. The van der Waals surface area contributed by atoms with Gasteiger partial charge in [0, 0.05) is 13.1 Å². The van der Waals surface area contributed by atoms with Gasteiger partial charge in [0.2, 0.25) is 0 Å². The smallest absolute Gasteiger partial charge is 0.414 e. The number of nitrogens with zero attached hydrogens (tertiary/aromatic N) is 2. The van der Waals surface area contributed by atoms with E-state index in [0.29, 0.717) is 0 Å². The van der Waals surface area contributed by atoms with Crippen molar-refractivity contribution in [1.82, 2.24) is 0 Å². The molecule has 0 saturated carbocycles. The van der Waals surface area contributed by atoms with Gasteiger partial charge in [-0.05, 0) is 32.9 Å². The van der Waals surface area contributed by atoms with Crippen molar-refractivity contribution in [2.24, 2.45) is 0 Å². The first kappa shape index (κ1) is 16.4. The number of hydrogen-bond acceptors (Lipinski definition) is 5. The van der Waals surface area contributed by atoms with Crippen molar-refractivity contribution in [2.75, 3.05) is 11.9 Å². The molecule has 0 spiro atoms. The summed E-state index contributed by atoms with van der Waals surface area (Å²) in [6.07, 6.45) is -0.695. The van der Waals surface area contributed by atoms with E-state index in [0.717, 1.165) is 17.0 Å². The van der Waals surface area contributed by atoms with Crippen molar-refractivity contribution in [3.63, 3.8) is 0 Å². The molecule has 0 fully saturated rings. The number of benzene rings is 1. The lowest BCUT2D eigenvalue weighted by Gasteiger charge is -2.24. The predicted octanol–water partition coefficient (Wildman–Crippen LogP) is 2.66. The van der Waals surface area contributed by atoms with E-state index in [9.17, 15) is 19.7 Å². The fourth-order valence-corrected chi connectivity index (χ4v) is 1.50. The number of aromatic carboxylic acids is 1. The molecule has 8 heteroatoms. The first-order valence-electron chi connectivity index (χ1n) is 6.01. The number of carboxylic acids is 1. The van der Waals surface area contributed by atoms with Gasteiger partial charge < -0.3 is 9.84 Å². The Balaban J connectivity index is 3.15. The van der Waals surface area contributed by atoms with Crippen LogP contribution >= 0.6 is 0 Å². The molecule has 1 amide bonds. The van der Waals surface area contributed by atoms with Crippen LogP contribution in [0.4, 0.5) is 16.2 Å². The molecule has 8 nitrogen and oxygen atoms in total. The highest BCUT2D eigenvalue weighted by Crippen LogP contribution is 2.26. The molecular formula is C13H16N2O6. The number of hydrogen-bond donors (Lipinski definition) is 1. The zero-order chi connectivity index (χ0) is 16.4. The Labute approximate surface area is 121 Å². The molecule has 1 aromatic carbocycles. The van der Waals surface area contributed by atoms with Crippen molar-refractivity contribution in [3.8, 4) is 0 Å². The highest BCUT2D eigenvalue weighted by atomic mass is 16.6. The van der Waals surface area contributed by atoms with E-state index in [-0.39, 0.29) is 5.69 Å². The van der Waals surface area contributed by atoms with Gasteiger partial charge in [0.05, 0.1) is 10.6 Å². The van der Waals surface area contributed by atoms with E-state index in [1.165, 1.54) is 13.1 Å². The topological polar surface area (TPSA) is 110 Å². The summed E-state index contributed by atoms with van der Waals surface area (Å²) in [7, 11) is 1.38. The van der Waals surface area contributed by atoms with Crippen LogP contribution in [0, 0.1) is 10.1 Å². The van der Waals surface area contributed by atoms with Gasteiger partial charge in [0.25, 0.3) is 5.69 Å². The van der Waals surface area contributed by atoms with Gasteiger partial charge in [-0.2, -0.15) is 0 Å². The van der Waals surface area contributed by atoms with Gasteiger partial charge in [0.1, 0.15) is 11.2 Å². The number of nitro benzene ring substituents is 1. The standard InChI is InChI=1S/C13H16N2O6/c1-13(2,3)21-12(18)14(4)8-5-6-9(11(16)17)10(7-8)15(19)20/h5-7H,1-4H3,(H,16,17). The highest BCUT2D eigenvalue weighted by molar-refractivity contribution is 5.95. The van der Waals surface area contributed by atoms with Crippen LogP contribution in [0.5, 0.6) is 0 Å². The van der Waals surface area contributed by atoms with Crippen molar-refractivity contribution >= 4 is 23.4 Å². The summed E-state index contributed by atoms with van der Waals surface area (Å²) < 4.78 is 5.13. The number of carbonyl (C=O) groups is 2. The second-order valence-electron chi connectivity index (χ2n) is 5.30. The summed E-state index contributed by atoms with van der Waals surface area (Å²) in [4.78, 5) is 34.0. The Morgan fingerprint density at radius 3 is 2.33 bits per heavy atom. The van der Waals surface area contributed by atoms with Crippen molar-refractivity contribution in [3.05, 3.63) is 33.9 Å². The Kier molecular flexibility index (Phi) is 4.52.